The predicted octanol–water partition coefficient (Wildman–Crippen LogP) is 4.87. The Balaban J connectivity index is 1.18. The first-order valence-electron chi connectivity index (χ1n) is 12.8. The van der Waals surface area contributed by atoms with E-state index in [-0.39, 0.29) is 17.9 Å². The average molecular weight is 513 g/mol. The second-order valence-electron chi connectivity index (χ2n) is 9.39. The van der Waals surface area contributed by atoms with Crippen LogP contribution in [-0.4, -0.2) is 48.3 Å². The van der Waals surface area contributed by atoms with Crippen molar-refractivity contribution < 1.29 is 18.8 Å². The molecule has 0 radical (unpaired) electrons. The minimum absolute atomic E-state index is 0.0359. The number of rotatable bonds is 9. The summed E-state index contributed by atoms with van der Waals surface area (Å²) >= 11 is 0. The van der Waals surface area contributed by atoms with Crippen molar-refractivity contribution in [3.05, 3.63) is 95.9 Å². The topological polar surface area (TPSA) is 89.7 Å². The number of hydrogen-bond acceptors (Lipinski definition) is 7. The summed E-state index contributed by atoms with van der Waals surface area (Å²) in [5.41, 5.74) is 2.94. The number of nitrogens with one attached hydrogen (secondary N) is 1. The molecule has 1 saturated heterocycles. The third-order valence-corrected chi connectivity index (χ3v) is 6.98. The Morgan fingerprint density at radius 2 is 1.58 bits per heavy atom. The first kappa shape index (κ1) is 25.5. The molecule has 1 aromatic heterocycles. The Labute approximate surface area is 222 Å². The van der Waals surface area contributed by atoms with Gasteiger partial charge in [-0.05, 0) is 55.3 Å². The van der Waals surface area contributed by atoms with Crippen LogP contribution in [0.4, 0.5) is 0 Å². The van der Waals surface area contributed by atoms with Gasteiger partial charge in [-0.3, -0.25) is 9.69 Å². The van der Waals surface area contributed by atoms with Crippen LogP contribution in [-0.2, 0) is 11.3 Å². The zero-order valence-corrected chi connectivity index (χ0v) is 21.7. The molecule has 1 fully saturated rings. The molecule has 0 unspecified atom stereocenters. The molecule has 4 aromatic rings. The lowest BCUT2D eigenvalue weighted by molar-refractivity contribution is -0.127. The molecule has 5 rings (SSSR count). The summed E-state index contributed by atoms with van der Waals surface area (Å²) in [5, 5.41) is 7.45. The van der Waals surface area contributed by atoms with Crippen molar-refractivity contribution in [3.8, 4) is 22.9 Å². The molecule has 0 atom stereocenters. The van der Waals surface area contributed by atoms with Gasteiger partial charge in [0.2, 0.25) is 17.6 Å². The second-order valence-corrected chi connectivity index (χ2v) is 9.39. The number of likely N-dealkylation sites (tertiary alicyclic amines) is 1. The van der Waals surface area contributed by atoms with Crippen LogP contribution in [0.3, 0.4) is 0 Å². The normalized spacial score (nSPS) is 14.4. The summed E-state index contributed by atoms with van der Waals surface area (Å²) in [4.78, 5) is 20.1. The van der Waals surface area contributed by atoms with Gasteiger partial charge in [0.1, 0.15) is 0 Å². The SMILES string of the molecule is COc1ccc(-c2noc(CN3CCC(C(=O)NC(c4ccccc4)c4ccccc4)CC3)n2)cc1OC. The molecular formula is C30H32N4O4. The number of piperidine rings is 1. The monoisotopic (exact) mass is 512 g/mol. The zero-order valence-electron chi connectivity index (χ0n) is 21.7. The highest BCUT2D eigenvalue weighted by atomic mass is 16.5. The van der Waals surface area contributed by atoms with Crippen LogP contribution >= 0.6 is 0 Å². The number of ether oxygens (including phenoxy) is 2. The lowest BCUT2D eigenvalue weighted by atomic mass is 9.93. The van der Waals surface area contributed by atoms with Crippen LogP contribution in [0.5, 0.6) is 11.5 Å². The molecule has 1 aliphatic heterocycles. The summed E-state index contributed by atoms with van der Waals surface area (Å²) in [6, 6.07) is 25.6. The van der Waals surface area contributed by atoms with E-state index in [1.807, 2.05) is 54.6 Å². The van der Waals surface area contributed by atoms with Gasteiger partial charge < -0.3 is 19.3 Å². The molecule has 2 heterocycles. The van der Waals surface area contributed by atoms with Crippen molar-refractivity contribution in [2.24, 2.45) is 5.92 Å². The van der Waals surface area contributed by atoms with Crippen LogP contribution < -0.4 is 14.8 Å². The number of carbonyl (C=O) groups excluding carboxylic acids is 1. The summed E-state index contributed by atoms with van der Waals surface area (Å²) in [5.74, 6) is 2.36. The molecule has 8 nitrogen and oxygen atoms in total. The van der Waals surface area contributed by atoms with Gasteiger partial charge in [0.25, 0.3) is 0 Å². The molecule has 3 aromatic carbocycles. The third-order valence-electron chi connectivity index (χ3n) is 6.98. The molecule has 196 valence electrons. The van der Waals surface area contributed by atoms with Crippen LogP contribution in [0.2, 0.25) is 0 Å². The van der Waals surface area contributed by atoms with E-state index in [0.717, 1.165) is 42.6 Å². The van der Waals surface area contributed by atoms with Crippen molar-refractivity contribution in [2.45, 2.75) is 25.4 Å². The van der Waals surface area contributed by atoms with E-state index >= 15 is 0 Å². The number of methoxy groups -OCH3 is 2. The Kier molecular flexibility index (Phi) is 7.99. The third kappa shape index (κ3) is 5.86. The van der Waals surface area contributed by atoms with E-state index < -0.39 is 0 Å². The summed E-state index contributed by atoms with van der Waals surface area (Å²) in [6.07, 6.45) is 1.55. The lowest BCUT2D eigenvalue weighted by Gasteiger charge is -2.31. The molecule has 0 aliphatic carbocycles. The highest BCUT2D eigenvalue weighted by molar-refractivity contribution is 5.79. The largest absolute Gasteiger partial charge is 0.493 e. The first-order valence-corrected chi connectivity index (χ1v) is 12.8. The lowest BCUT2D eigenvalue weighted by Crippen LogP contribution is -2.41. The van der Waals surface area contributed by atoms with Crippen LogP contribution in [0.25, 0.3) is 11.4 Å². The summed E-state index contributed by atoms with van der Waals surface area (Å²) in [6.45, 7) is 2.12. The molecule has 0 saturated carbocycles. The Bertz CT molecular complexity index is 1300. The van der Waals surface area contributed by atoms with Crippen molar-refractivity contribution >= 4 is 5.91 Å². The van der Waals surface area contributed by atoms with Gasteiger partial charge in [-0.2, -0.15) is 4.98 Å². The molecule has 0 spiro atoms. The van der Waals surface area contributed by atoms with E-state index in [9.17, 15) is 4.79 Å². The first-order chi connectivity index (χ1) is 18.6. The molecule has 0 bridgehead atoms. The number of benzene rings is 3. The number of hydrogen-bond donors (Lipinski definition) is 1. The smallest absolute Gasteiger partial charge is 0.241 e. The van der Waals surface area contributed by atoms with Gasteiger partial charge in [-0.25, -0.2) is 0 Å². The van der Waals surface area contributed by atoms with E-state index in [1.165, 1.54) is 0 Å². The molecule has 1 N–H and O–H groups in total. The number of nitrogens with zero attached hydrogens (tertiary/aromatic N) is 3. The fourth-order valence-electron chi connectivity index (χ4n) is 4.87. The molecular weight excluding hydrogens is 480 g/mol. The van der Waals surface area contributed by atoms with Gasteiger partial charge >= 0.3 is 0 Å². The van der Waals surface area contributed by atoms with Gasteiger partial charge in [0.15, 0.2) is 11.5 Å². The van der Waals surface area contributed by atoms with Crippen molar-refractivity contribution in [3.63, 3.8) is 0 Å². The Hall–Kier alpha value is -4.17. The average Bonchev–Trinajstić information content (AvgIpc) is 3.45. The van der Waals surface area contributed by atoms with Gasteiger partial charge in [0, 0.05) is 11.5 Å². The maximum Gasteiger partial charge on any atom is 0.241 e. The highest BCUT2D eigenvalue weighted by Gasteiger charge is 2.28. The predicted molar refractivity (Wildman–Crippen MR) is 144 cm³/mol. The number of amides is 1. The fourth-order valence-corrected chi connectivity index (χ4v) is 4.87. The van der Waals surface area contributed by atoms with Gasteiger partial charge in [0.05, 0.1) is 26.8 Å². The standard InChI is InChI=1S/C30H32N4O4/c1-36-25-14-13-24(19-26(25)37-2)29-31-27(38-33-29)20-34-17-15-23(16-18-34)30(35)32-28(21-9-5-3-6-10-21)22-11-7-4-8-12-22/h3-14,19,23,28H,15-18,20H2,1-2H3,(H,32,35). The van der Waals surface area contributed by atoms with E-state index in [4.69, 9.17) is 14.0 Å². The van der Waals surface area contributed by atoms with Crippen LogP contribution in [0.1, 0.15) is 35.9 Å². The van der Waals surface area contributed by atoms with E-state index in [2.05, 4.69) is 44.6 Å². The minimum atomic E-state index is -0.170. The Morgan fingerprint density at radius 3 is 2.18 bits per heavy atom. The summed E-state index contributed by atoms with van der Waals surface area (Å²) < 4.78 is 16.2. The highest BCUT2D eigenvalue weighted by Crippen LogP contribution is 2.31. The minimum Gasteiger partial charge on any atom is -0.493 e. The van der Waals surface area contributed by atoms with Crippen molar-refractivity contribution in [2.75, 3.05) is 27.3 Å². The van der Waals surface area contributed by atoms with Gasteiger partial charge in [-0.15, -0.1) is 0 Å². The molecule has 1 aliphatic rings. The number of carbonyl (C=O) groups is 1. The van der Waals surface area contributed by atoms with Crippen molar-refractivity contribution in [1.82, 2.24) is 20.4 Å². The maximum absolute atomic E-state index is 13.3. The molecule has 1 amide bonds. The van der Waals surface area contributed by atoms with E-state index in [0.29, 0.717) is 29.8 Å². The fraction of sp³-hybridized carbons (Fsp3) is 0.300. The van der Waals surface area contributed by atoms with Crippen molar-refractivity contribution in [1.29, 1.82) is 0 Å². The maximum atomic E-state index is 13.3. The van der Waals surface area contributed by atoms with Crippen LogP contribution in [0, 0.1) is 5.92 Å². The molecule has 8 heteroatoms. The van der Waals surface area contributed by atoms with E-state index in [1.54, 1.807) is 14.2 Å². The zero-order chi connectivity index (χ0) is 26.3. The quantitative estimate of drug-likeness (QED) is 0.342. The van der Waals surface area contributed by atoms with Crippen LogP contribution in [0.15, 0.2) is 83.4 Å². The number of aromatic nitrogens is 2. The summed E-state index contributed by atoms with van der Waals surface area (Å²) in [7, 11) is 3.19. The molecule has 38 heavy (non-hydrogen) atoms. The second kappa shape index (κ2) is 11.9. The van der Waals surface area contributed by atoms with Gasteiger partial charge in [-0.1, -0.05) is 65.8 Å². The Morgan fingerprint density at radius 1 is 0.947 bits per heavy atom.